The van der Waals surface area contributed by atoms with Gasteiger partial charge in [-0.15, -0.1) is 11.3 Å². The maximum absolute atomic E-state index is 5.71. The second-order valence-corrected chi connectivity index (χ2v) is 5.68. The van der Waals surface area contributed by atoms with Crippen LogP contribution in [-0.2, 0) is 11.3 Å². The van der Waals surface area contributed by atoms with Gasteiger partial charge in [0, 0.05) is 13.7 Å². The number of thiophene rings is 1. The molecule has 2 rings (SSSR count). The SMILES string of the molecule is CCCC(C)COCc1nc(NC)c2ccsc2n1. The van der Waals surface area contributed by atoms with Crippen LogP contribution >= 0.6 is 11.3 Å². The fraction of sp³-hybridized carbons (Fsp3) is 0.571. The first-order valence-electron chi connectivity index (χ1n) is 6.74. The van der Waals surface area contributed by atoms with Crippen molar-refractivity contribution in [3.8, 4) is 0 Å². The Labute approximate surface area is 118 Å². The second-order valence-electron chi connectivity index (χ2n) is 4.79. The van der Waals surface area contributed by atoms with E-state index in [-0.39, 0.29) is 0 Å². The molecule has 1 unspecified atom stereocenters. The van der Waals surface area contributed by atoms with E-state index in [0.717, 1.165) is 28.5 Å². The quantitative estimate of drug-likeness (QED) is 0.839. The van der Waals surface area contributed by atoms with Crippen molar-refractivity contribution in [2.75, 3.05) is 19.0 Å². The molecule has 2 aromatic heterocycles. The van der Waals surface area contributed by atoms with Gasteiger partial charge in [0.05, 0.1) is 5.39 Å². The number of aromatic nitrogens is 2. The molecule has 0 fully saturated rings. The molecule has 0 amide bonds. The van der Waals surface area contributed by atoms with E-state index in [9.17, 15) is 0 Å². The zero-order chi connectivity index (χ0) is 13.7. The van der Waals surface area contributed by atoms with Gasteiger partial charge in [-0.2, -0.15) is 0 Å². The summed E-state index contributed by atoms with van der Waals surface area (Å²) in [5, 5.41) is 6.23. The fourth-order valence-electron chi connectivity index (χ4n) is 2.08. The number of rotatable bonds is 7. The maximum Gasteiger partial charge on any atom is 0.158 e. The lowest BCUT2D eigenvalue weighted by molar-refractivity contribution is 0.0851. The molecule has 5 heteroatoms. The van der Waals surface area contributed by atoms with Crippen LogP contribution in [0, 0.1) is 5.92 Å². The first-order chi connectivity index (χ1) is 9.24. The number of nitrogens with zero attached hydrogens (tertiary/aromatic N) is 2. The highest BCUT2D eigenvalue weighted by atomic mass is 32.1. The highest BCUT2D eigenvalue weighted by molar-refractivity contribution is 7.16. The smallest absolute Gasteiger partial charge is 0.158 e. The monoisotopic (exact) mass is 279 g/mol. The largest absolute Gasteiger partial charge is 0.373 e. The van der Waals surface area contributed by atoms with Crippen molar-refractivity contribution in [3.05, 3.63) is 17.3 Å². The number of ether oxygens (including phenoxy) is 1. The van der Waals surface area contributed by atoms with Crippen LogP contribution in [0.1, 0.15) is 32.5 Å². The summed E-state index contributed by atoms with van der Waals surface area (Å²) in [6, 6.07) is 2.04. The fourth-order valence-corrected chi connectivity index (χ4v) is 2.87. The molecule has 0 bridgehead atoms. The van der Waals surface area contributed by atoms with Gasteiger partial charge in [0.1, 0.15) is 17.3 Å². The molecule has 1 atom stereocenters. The first-order valence-corrected chi connectivity index (χ1v) is 7.62. The van der Waals surface area contributed by atoms with E-state index in [4.69, 9.17) is 4.74 Å². The topological polar surface area (TPSA) is 47.0 Å². The minimum absolute atomic E-state index is 0.483. The predicted octanol–water partition coefficient (Wildman–Crippen LogP) is 3.69. The highest BCUT2D eigenvalue weighted by Crippen LogP contribution is 2.24. The van der Waals surface area contributed by atoms with Crippen molar-refractivity contribution in [1.29, 1.82) is 0 Å². The third-order valence-electron chi connectivity index (χ3n) is 3.02. The van der Waals surface area contributed by atoms with E-state index in [1.807, 2.05) is 18.5 Å². The van der Waals surface area contributed by atoms with E-state index in [1.54, 1.807) is 11.3 Å². The van der Waals surface area contributed by atoms with Crippen LogP contribution in [0.4, 0.5) is 5.82 Å². The van der Waals surface area contributed by atoms with Crippen LogP contribution in [0.3, 0.4) is 0 Å². The van der Waals surface area contributed by atoms with Gasteiger partial charge in [0.15, 0.2) is 5.82 Å². The van der Waals surface area contributed by atoms with Gasteiger partial charge in [0.2, 0.25) is 0 Å². The highest BCUT2D eigenvalue weighted by Gasteiger charge is 2.08. The zero-order valence-electron chi connectivity index (χ0n) is 11.8. The normalized spacial score (nSPS) is 12.8. The van der Waals surface area contributed by atoms with Gasteiger partial charge in [-0.1, -0.05) is 20.3 Å². The van der Waals surface area contributed by atoms with Crippen molar-refractivity contribution in [1.82, 2.24) is 9.97 Å². The van der Waals surface area contributed by atoms with Gasteiger partial charge >= 0.3 is 0 Å². The maximum atomic E-state index is 5.71. The van der Waals surface area contributed by atoms with E-state index < -0.39 is 0 Å². The molecule has 1 N–H and O–H groups in total. The molecule has 2 aromatic rings. The lowest BCUT2D eigenvalue weighted by atomic mass is 10.1. The Morgan fingerprint density at radius 2 is 2.26 bits per heavy atom. The number of anilines is 1. The first kappa shape index (κ1) is 14.2. The van der Waals surface area contributed by atoms with Crippen LogP contribution in [0.15, 0.2) is 11.4 Å². The molecule has 4 nitrogen and oxygen atoms in total. The average molecular weight is 279 g/mol. The van der Waals surface area contributed by atoms with E-state index in [0.29, 0.717) is 12.5 Å². The lowest BCUT2D eigenvalue weighted by Crippen LogP contribution is -2.08. The number of fused-ring (bicyclic) bond motifs is 1. The predicted molar refractivity (Wildman–Crippen MR) is 80.7 cm³/mol. The Morgan fingerprint density at radius 3 is 3.00 bits per heavy atom. The summed E-state index contributed by atoms with van der Waals surface area (Å²) >= 11 is 1.63. The molecule has 104 valence electrons. The summed E-state index contributed by atoms with van der Waals surface area (Å²) in [4.78, 5) is 10.0. The standard InChI is InChI=1S/C14H21N3OS/c1-4-5-10(2)8-18-9-12-16-13(15-3)11-6-7-19-14(11)17-12/h6-7,10H,4-5,8-9H2,1-3H3,(H,15,16,17). The van der Waals surface area contributed by atoms with Crippen LogP contribution < -0.4 is 5.32 Å². The minimum Gasteiger partial charge on any atom is -0.373 e. The molecule has 0 saturated carbocycles. The van der Waals surface area contributed by atoms with Crippen molar-refractivity contribution in [2.24, 2.45) is 5.92 Å². The molecular weight excluding hydrogens is 258 g/mol. The third-order valence-corrected chi connectivity index (χ3v) is 3.83. The van der Waals surface area contributed by atoms with E-state index in [1.165, 1.54) is 12.8 Å². The van der Waals surface area contributed by atoms with E-state index >= 15 is 0 Å². The van der Waals surface area contributed by atoms with Crippen LogP contribution in [0.2, 0.25) is 0 Å². The Morgan fingerprint density at radius 1 is 1.42 bits per heavy atom. The second kappa shape index (κ2) is 6.82. The summed E-state index contributed by atoms with van der Waals surface area (Å²) in [7, 11) is 1.88. The third kappa shape index (κ3) is 3.64. The van der Waals surface area contributed by atoms with Crippen molar-refractivity contribution >= 4 is 27.4 Å². The zero-order valence-corrected chi connectivity index (χ0v) is 12.6. The number of nitrogens with one attached hydrogen (secondary N) is 1. The summed E-state index contributed by atoms with van der Waals surface area (Å²) in [5.41, 5.74) is 0. The Balaban J connectivity index is 2.00. The molecule has 0 aromatic carbocycles. The van der Waals surface area contributed by atoms with Crippen LogP contribution in [0.25, 0.3) is 10.2 Å². The molecule has 0 aliphatic rings. The van der Waals surface area contributed by atoms with Crippen molar-refractivity contribution in [3.63, 3.8) is 0 Å². The molecular formula is C14H21N3OS. The van der Waals surface area contributed by atoms with Gasteiger partial charge in [0.25, 0.3) is 0 Å². The van der Waals surface area contributed by atoms with E-state index in [2.05, 4.69) is 29.1 Å². The van der Waals surface area contributed by atoms with Gasteiger partial charge in [-0.05, 0) is 23.8 Å². The summed E-state index contributed by atoms with van der Waals surface area (Å²) in [6.07, 6.45) is 2.40. The molecule has 19 heavy (non-hydrogen) atoms. The molecule has 2 heterocycles. The van der Waals surface area contributed by atoms with Crippen LogP contribution in [0.5, 0.6) is 0 Å². The van der Waals surface area contributed by atoms with Crippen molar-refractivity contribution < 1.29 is 4.74 Å². The number of hydrogen-bond acceptors (Lipinski definition) is 5. The Bertz CT molecular complexity index is 526. The molecule has 0 spiro atoms. The van der Waals surface area contributed by atoms with Gasteiger partial charge in [-0.25, -0.2) is 9.97 Å². The minimum atomic E-state index is 0.483. The lowest BCUT2D eigenvalue weighted by Gasteiger charge is -2.10. The molecule has 0 aliphatic carbocycles. The van der Waals surface area contributed by atoms with Crippen molar-refractivity contribution in [2.45, 2.75) is 33.3 Å². The number of hydrogen-bond donors (Lipinski definition) is 1. The Hall–Kier alpha value is -1.20. The summed E-state index contributed by atoms with van der Waals surface area (Å²) < 4.78 is 5.71. The summed E-state index contributed by atoms with van der Waals surface area (Å²) in [5.74, 6) is 2.23. The molecule has 0 aliphatic heterocycles. The van der Waals surface area contributed by atoms with Gasteiger partial charge < -0.3 is 10.1 Å². The van der Waals surface area contributed by atoms with Gasteiger partial charge in [-0.3, -0.25) is 0 Å². The molecule has 0 saturated heterocycles. The average Bonchev–Trinajstić information content (AvgIpc) is 2.86. The Kier molecular flexibility index (Phi) is 5.10. The molecule has 0 radical (unpaired) electrons. The summed E-state index contributed by atoms with van der Waals surface area (Å²) in [6.45, 7) is 5.67. The van der Waals surface area contributed by atoms with Crippen LogP contribution in [-0.4, -0.2) is 23.6 Å².